The Morgan fingerprint density at radius 1 is 1.26 bits per heavy atom. The minimum Gasteiger partial charge on any atom is -0.464 e. The molecular weight excluding hydrogens is 372 g/mol. The van der Waals surface area contributed by atoms with Crippen LogP contribution in [0.2, 0.25) is 5.02 Å². The molecule has 0 spiro atoms. The van der Waals surface area contributed by atoms with E-state index in [2.05, 4.69) is 4.98 Å². The van der Waals surface area contributed by atoms with Gasteiger partial charge in [-0.05, 0) is 32.9 Å². The van der Waals surface area contributed by atoms with Gasteiger partial charge in [-0.2, -0.15) is 0 Å². The van der Waals surface area contributed by atoms with Crippen LogP contribution < -0.4 is 11.2 Å². The molecule has 0 saturated carbocycles. The van der Waals surface area contributed by atoms with Gasteiger partial charge in [0.2, 0.25) is 0 Å². The Balaban J connectivity index is 2.39. The maximum absolute atomic E-state index is 12.9. The van der Waals surface area contributed by atoms with Crippen molar-refractivity contribution in [2.45, 2.75) is 33.4 Å². The Morgan fingerprint density at radius 2 is 1.96 bits per heavy atom. The zero-order chi connectivity index (χ0) is 19.7. The molecule has 0 saturated heterocycles. The minimum atomic E-state index is -0.773. The van der Waals surface area contributed by atoms with Crippen molar-refractivity contribution >= 4 is 28.7 Å². The molecule has 1 unspecified atom stereocenters. The Bertz CT molecular complexity index is 1130. The molecule has 27 heavy (non-hydrogen) atoms. The molecule has 2 aromatic heterocycles. The van der Waals surface area contributed by atoms with Gasteiger partial charge in [0.15, 0.2) is 11.2 Å². The van der Waals surface area contributed by atoms with Crippen LogP contribution in [0.3, 0.4) is 0 Å². The Labute approximate surface area is 159 Å². The van der Waals surface area contributed by atoms with Gasteiger partial charge < -0.3 is 9.30 Å². The van der Waals surface area contributed by atoms with E-state index >= 15 is 0 Å². The highest BCUT2D eigenvalue weighted by Gasteiger charge is 2.24. The largest absolute Gasteiger partial charge is 0.464 e. The summed E-state index contributed by atoms with van der Waals surface area (Å²) in [7, 11) is 0. The molecule has 0 bridgehead atoms. The molecule has 8 nitrogen and oxygen atoms in total. The van der Waals surface area contributed by atoms with E-state index in [1.165, 1.54) is 15.5 Å². The highest BCUT2D eigenvalue weighted by Crippen LogP contribution is 2.22. The molecule has 0 fully saturated rings. The number of carbonyl (C=O) groups excluding carboxylic acids is 1. The first-order chi connectivity index (χ1) is 12.9. The molecule has 0 N–H and O–H groups in total. The van der Waals surface area contributed by atoms with E-state index in [-0.39, 0.29) is 24.3 Å². The molecule has 0 aliphatic rings. The van der Waals surface area contributed by atoms with E-state index in [1.54, 1.807) is 45.0 Å². The van der Waals surface area contributed by atoms with Crippen LogP contribution in [0.4, 0.5) is 0 Å². The molecule has 3 rings (SSSR count). The van der Waals surface area contributed by atoms with Gasteiger partial charge in [0, 0.05) is 6.54 Å². The fraction of sp³-hybridized carbons (Fsp3) is 0.333. The summed E-state index contributed by atoms with van der Waals surface area (Å²) in [5.74, 6) is -0.491. The number of halogens is 1. The number of hydrogen-bond acceptors (Lipinski definition) is 5. The summed E-state index contributed by atoms with van der Waals surface area (Å²) < 4.78 is 8.84. The average Bonchev–Trinajstić information content (AvgIpc) is 3.08. The van der Waals surface area contributed by atoms with Gasteiger partial charge in [-0.15, -0.1) is 0 Å². The molecule has 0 aliphatic heterocycles. The number of nitrogens with zero attached hydrogens (tertiary/aromatic N) is 4. The number of benzene rings is 1. The highest BCUT2D eigenvalue weighted by atomic mass is 35.5. The van der Waals surface area contributed by atoms with Gasteiger partial charge in [0.05, 0.1) is 23.6 Å². The van der Waals surface area contributed by atoms with Crippen LogP contribution in [0.15, 0.2) is 40.2 Å². The lowest BCUT2D eigenvalue weighted by Crippen LogP contribution is -2.40. The van der Waals surface area contributed by atoms with Gasteiger partial charge in [-0.25, -0.2) is 19.1 Å². The Hall–Kier alpha value is -2.87. The summed E-state index contributed by atoms with van der Waals surface area (Å²) in [6, 6.07) is 6.02. The van der Waals surface area contributed by atoms with Crippen LogP contribution in [0.25, 0.3) is 16.9 Å². The number of esters is 1. The molecule has 1 atom stereocenters. The van der Waals surface area contributed by atoms with Crippen LogP contribution in [0, 0.1) is 0 Å². The number of para-hydroxylation sites is 1. The summed E-state index contributed by atoms with van der Waals surface area (Å²) >= 11 is 6.27. The fourth-order valence-electron chi connectivity index (χ4n) is 2.95. The minimum absolute atomic E-state index is 0.136. The highest BCUT2D eigenvalue weighted by molar-refractivity contribution is 6.32. The van der Waals surface area contributed by atoms with Crippen LogP contribution in [0.5, 0.6) is 0 Å². The van der Waals surface area contributed by atoms with E-state index in [0.29, 0.717) is 10.7 Å². The van der Waals surface area contributed by atoms with Crippen molar-refractivity contribution in [3.8, 4) is 5.69 Å². The predicted molar refractivity (Wildman–Crippen MR) is 102 cm³/mol. The van der Waals surface area contributed by atoms with Crippen molar-refractivity contribution in [1.29, 1.82) is 0 Å². The molecule has 0 amide bonds. The van der Waals surface area contributed by atoms with Crippen LogP contribution in [-0.4, -0.2) is 31.3 Å². The number of ether oxygens (including phenoxy) is 1. The number of hydrogen-bond donors (Lipinski definition) is 0. The van der Waals surface area contributed by atoms with Crippen molar-refractivity contribution in [1.82, 2.24) is 18.7 Å². The summed E-state index contributed by atoms with van der Waals surface area (Å²) in [5, 5.41) is 0.343. The number of fused-ring (bicyclic) bond motifs is 1. The Morgan fingerprint density at radius 3 is 2.59 bits per heavy atom. The summed E-state index contributed by atoms with van der Waals surface area (Å²) in [4.78, 5) is 42.2. The third kappa shape index (κ3) is 3.06. The monoisotopic (exact) mass is 390 g/mol. The molecule has 142 valence electrons. The second-order valence-corrected chi connectivity index (χ2v) is 6.28. The van der Waals surface area contributed by atoms with Crippen molar-refractivity contribution < 1.29 is 9.53 Å². The lowest BCUT2D eigenvalue weighted by molar-refractivity contribution is -0.146. The first kappa shape index (κ1) is 18.9. The van der Waals surface area contributed by atoms with Gasteiger partial charge in [0.1, 0.15) is 6.04 Å². The predicted octanol–water partition coefficient (Wildman–Crippen LogP) is 2.15. The van der Waals surface area contributed by atoms with Gasteiger partial charge >= 0.3 is 11.7 Å². The zero-order valence-corrected chi connectivity index (χ0v) is 15.9. The normalized spacial score (nSPS) is 12.3. The standard InChI is InChI=1S/C18H19ClN4O4/c1-4-21-16(24)14-15(20-10-22(14)11(3)17(25)27-5-2)23(18(21)26)13-9-7-6-8-12(13)19/h6-11H,4-5H2,1-3H3. The maximum Gasteiger partial charge on any atom is 0.337 e. The summed E-state index contributed by atoms with van der Waals surface area (Å²) in [5.41, 5.74) is -0.382. The zero-order valence-electron chi connectivity index (χ0n) is 15.2. The van der Waals surface area contributed by atoms with Crippen molar-refractivity contribution in [3.05, 3.63) is 56.5 Å². The third-order valence-corrected chi connectivity index (χ3v) is 4.63. The quantitative estimate of drug-likeness (QED) is 0.623. The van der Waals surface area contributed by atoms with Crippen molar-refractivity contribution in [2.24, 2.45) is 0 Å². The van der Waals surface area contributed by atoms with Crippen LogP contribution in [0.1, 0.15) is 26.8 Å². The van der Waals surface area contributed by atoms with E-state index in [4.69, 9.17) is 16.3 Å². The molecule has 3 aromatic rings. The van der Waals surface area contributed by atoms with E-state index in [9.17, 15) is 14.4 Å². The first-order valence-corrected chi connectivity index (χ1v) is 8.94. The molecule has 1 aromatic carbocycles. The molecular formula is C18H19ClN4O4. The SMILES string of the molecule is CCOC(=O)C(C)n1cnc2c1c(=O)n(CC)c(=O)n2-c1ccccc1Cl. The Kier molecular flexibility index (Phi) is 5.18. The van der Waals surface area contributed by atoms with Crippen molar-refractivity contribution in [2.75, 3.05) is 6.61 Å². The topological polar surface area (TPSA) is 88.1 Å². The average molecular weight is 391 g/mol. The second-order valence-electron chi connectivity index (χ2n) is 5.87. The van der Waals surface area contributed by atoms with E-state index in [0.717, 1.165) is 4.57 Å². The number of carbonyl (C=O) groups is 1. The first-order valence-electron chi connectivity index (χ1n) is 8.56. The van der Waals surface area contributed by atoms with E-state index < -0.39 is 23.3 Å². The molecule has 9 heteroatoms. The number of rotatable bonds is 5. The molecule has 2 heterocycles. The smallest absolute Gasteiger partial charge is 0.337 e. The lowest BCUT2D eigenvalue weighted by atomic mass is 10.3. The number of imidazole rings is 1. The summed E-state index contributed by atoms with van der Waals surface area (Å²) in [6.45, 7) is 5.40. The lowest BCUT2D eigenvalue weighted by Gasteiger charge is -2.15. The summed E-state index contributed by atoms with van der Waals surface area (Å²) in [6.07, 6.45) is 1.36. The van der Waals surface area contributed by atoms with Crippen LogP contribution >= 0.6 is 11.6 Å². The fourth-order valence-corrected chi connectivity index (χ4v) is 3.17. The molecule has 0 radical (unpaired) electrons. The third-order valence-electron chi connectivity index (χ3n) is 4.31. The van der Waals surface area contributed by atoms with Gasteiger partial charge in [-0.1, -0.05) is 23.7 Å². The molecule has 0 aliphatic carbocycles. The van der Waals surface area contributed by atoms with Gasteiger partial charge in [0.25, 0.3) is 5.56 Å². The van der Waals surface area contributed by atoms with E-state index in [1.807, 2.05) is 0 Å². The number of aromatic nitrogens is 4. The maximum atomic E-state index is 12.9. The van der Waals surface area contributed by atoms with Crippen LogP contribution in [-0.2, 0) is 16.1 Å². The second kappa shape index (κ2) is 7.40. The van der Waals surface area contributed by atoms with Gasteiger partial charge in [-0.3, -0.25) is 9.36 Å². The van der Waals surface area contributed by atoms with Crippen molar-refractivity contribution in [3.63, 3.8) is 0 Å².